The predicted octanol–water partition coefficient (Wildman–Crippen LogP) is 1.11. The van der Waals surface area contributed by atoms with Crippen LogP contribution in [0, 0.1) is 0 Å². The van der Waals surface area contributed by atoms with Crippen LogP contribution < -0.4 is 5.32 Å². The van der Waals surface area contributed by atoms with E-state index in [4.69, 9.17) is 16.3 Å². The fraction of sp³-hybridized carbons (Fsp3) is 0.632. The van der Waals surface area contributed by atoms with Crippen LogP contribution in [0.4, 0.5) is 0 Å². The Hall–Kier alpha value is -1.18. The quantitative estimate of drug-likeness (QED) is 0.671. The molecule has 2 aliphatic rings. The molecule has 1 aromatic rings. The minimum absolute atomic E-state index is 0.133. The number of aliphatic hydroxyl groups is 1. The first-order valence-electron chi connectivity index (χ1n) is 9.33. The van der Waals surface area contributed by atoms with Gasteiger partial charge in [0.15, 0.2) is 0 Å². The number of hydrogen-bond acceptors (Lipinski definition) is 5. The maximum Gasteiger partial charge on any atom is 0.234 e. The van der Waals surface area contributed by atoms with E-state index in [1.54, 1.807) is 0 Å². The zero-order valence-corrected chi connectivity index (χ0v) is 15.8. The van der Waals surface area contributed by atoms with Gasteiger partial charge in [-0.15, -0.1) is 0 Å². The molecule has 0 bridgehead atoms. The number of aliphatic hydroxyl groups excluding tert-OH is 1. The summed E-state index contributed by atoms with van der Waals surface area (Å²) < 4.78 is 5.60. The molecule has 26 heavy (non-hydrogen) atoms. The van der Waals surface area contributed by atoms with Gasteiger partial charge in [-0.1, -0.05) is 29.8 Å². The van der Waals surface area contributed by atoms with Gasteiger partial charge < -0.3 is 15.2 Å². The molecule has 144 valence electrons. The van der Waals surface area contributed by atoms with Gasteiger partial charge in [0, 0.05) is 43.8 Å². The average Bonchev–Trinajstić information content (AvgIpc) is 3.42. The monoisotopic (exact) mass is 381 g/mol. The molecule has 2 fully saturated rings. The van der Waals surface area contributed by atoms with Crippen LogP contribution in [0.1, 0.15) is 18.4 Å². The van der Waals surface area contributed by atoms with Crippen molar-refractivity contribution in [2.75, 3.05) is 45.9 Å². The third-order valence-electron chi connectivity index (χ3n) is 4.77. The van der Waals surface area contributed by atoms with E-state index in [0.717, 1.165) is 44.6 Å². The number of piperazine rings is 1. The van der Waals surface area contributed by atoms with Crippen molar-refractivity contribution in [3.8, 4) is 0 Å². The van der Waals surface area contributed by atoms with Crippen LogP contribution in [0.5, 0.6) is 0 Å². The smallest absolute Gasteiger partial charge is 0.234 e. The molecule has 1 aliphatic carbocycles. The number of benzene rings is 1. The maximum absolute atomic E-state index is 11.8. The third kappa shape index (κ3) is 6.52. The summed E-state index contributed by atoms with van der Waals surface area (Å²) >= 11 is 6.09. The number of amides is 1. The predicted molar refractivity (Wildman–Crippen MR) is 101 cm³/mol. The van der Waals surface area contributed by atoms with Crippen LogP contribution in [-0.2, 0) is 16.1 Å². The summed E-state index contributed by atoms with van der Waals surface area (Å²) in [6.45, 7) is 5.18. The van der Waals surface area contributed by atoms with Crippen molar-refractivity contribution in [3.05, 3.63) is 34.9 Å². The van der Waals surface area contributed by atoms with E-state index in [1.165, 1.54) is 0 Å². The number of β-amino-alcohol motifs (C(OH)–C–C–N with tert-alkyl or cyclic N) is 1. The number of hydrogen-bond donors (Lipinski definition) is 2. The molecule has 1 saturated carbocycles. The number of ether oxygens (including phenoxy) is 1. The van der Waals surface area contributed by atoms with E-state index in [9.17, 15) is 9.90 Å². The largest absolute Gasteiger partial charge is 0.389 e. The van der Waals surface area contributed by atoms with Crippen molar-refractivity contribution in [1.29, 1.82) is 0 Å². The standard InChI is InChI=1S/C19H28ClN3O3/c20-18-4-2-1-3-15(18)13-26-14-17(24)11-22-7-9-23(10-8-22)12-19(25)21-16-5-6-16/h1-4,16-17,24H,5-14H2,(H,21,25)/t17-/m0/s1. The highest BCUT2D eigenvalue weighted by Gasteiger charge is 2.25. The molecule has 0 aromatic heterocycles. The van der Waals surface area contributed by atoms with Crippen molar-refractivity contribution < 1.29 is 14.6 Å². The lowest BCUT2D eigenvalue weighted by atomic mass is 10.2. The van der Waals surface area contributed by atoms with Crippen molar-refractivity contribution in [3.63, 3.8) is 0 Å². The first-order valence-corrected chi connectivity index (χ1v) is 9.71. The van der Waals surface area contributed by atoms with Crippen molar-refractivity contribution in [2.24, 2.45) is 0 Å². The lowest BCUT2D eigenvalue weighted by Gasteiger charge is -2.35. The van der Waals surface area contributed by atoms with Crippen molar-refractivity contribution in [2.45, 2.75) is 31.6 Å². The second kappa shape index (κ2) is 9.67. The van der Waals surface area contributed by atoms with Gasteiger partial charge in [0.25, 0.3) is 0 Å². The number of carbonyl (C=O) groups excluding carboxylic acids is 1. The molecular weight excluding hydrogens is 354 g/mol. The second-order valence-corrected chi connectivity index (χ2v) is 7.59. The number of halogens is 1. The zero-order chi connectivity index (χ0) is 18.4. The molecule has 1 aromatic carbocycles. The summed E-state index contributed by atoms with van der Waals surface area (Å²) in [5.41, 5.74) is 0.930. The molecular formula is C19H28ClN3O3. The summed E-state index contributed by atoms with van der Waals surface area (Å²) in [5.74, 6) is 0.133. The number of nitrogens with one attached hydrogen (secondary N) is 1. The van der Waals surface area contributed by atoms with Crippen molar-refractivity contribution in [1.82, 2.24) is 15.1 Å². The van der Waals surface area contributed by atoms with Gasteiger partial charge in [-0.3, -0.25) is 14.6 Å². The maximum atomic E-state index is 11.8. The summed E-state index contributed by atoms with van der Waals surface area (Å²) in [7, 11) is 0. The molecule has 1 atom stereocenters. The molecule has 3 rings (SSSR count). The summed E-state index contributed by atoms with van der Waals surface area (Å²) in [6.07, 6.45) is 1.72. The lowest BCUT2D eigenvalue weighted by Crippen LogP contribution is -2.51. The molecule has 7 heteroatoms. The van der Waals surface area contributed by atoms with Crippen LogP contribution in [0.2, 0.25) is 5.02 Å². The molecule has 1 saturated heterocycles. The van der Waals surface area contributed by atoms with Gasteiger partial charge in [-0.05, 0) is 24.5 Å². The molecule has 0 spiro atoms. The highest BCUT2D eigenvalue weighted by atomic mass is 35.5. The van der Waals surface area contributed by atoms with Gasteiger partial charge in [-0.2, -0.15) is 0 Å². The highest BCUT2D eigenvalue weighted by Crippen LogP contribution is 2.18. The van der Waals surface area contributed by atoms with E-state index in [2.05, 4.69) is 15.1 Å². The first kappa shape index (κ1) is 19.6. The Bertz CT molecular complexity index is 589. The van der Waals surface area contributed by atoms with Gasteiger partial charge in [0.05, 0.1) is 25.9 Å². The Morgan fingerprint density at radius 2 is 1.92 bits per heavy atom. The normalized spacial score (nSPS) is 20.1. The SMILES string of the molecule is O=C(CN1CCN(C[C@H](O)COCc2ccccc2Cl)CC1)NC1CC1. The van der Waals surface area contributed by atoms with Crippen LogP contribution >= 0.6 is 11.6 Å². The summed E-state index contributed by atoms with van der Waals surface area (Å²) in [4.78, 5) is 16.2. The molecule has 1 amide bonds. The minimum atomic E-state index is -0.526. The molecule has 6 nitrogen and oxygen atoms in total. The van der Waals surface area contributed by atoms with Crippen LogP contribution in [-0.4, -0.2) is 78.8 Å². The van der Waals surface area contributed by atoms with Crippen LogP contribution in [0.25, 0.3) is 0 Å². The van der Waals surface area contributed by atoms with E-state index < -0.39 is 6.10 Å². The van der Waals surface area contributed by atoms with E-state index in [1.807, 2.05) is 24.3 Å². The lowest BCUT2D eigenvalue weighted by molar-refractivity contribution is -0.122. The Labute approximate surface area is 160 Å². The highest BCUT2D eigenvalue weighted by molar-refractivity contribution is 6.31. The Morgan fingerprint density at radius 1 is 1.23 bits per heavy atom. The van der Waals surface area contributed by atoms with Crippen molar-refractivity contribution >= 4 is 17.5 Å². The molecule has 0 radical (unpaired) electrons. The number of rotatable bonds is 9. The van der Waals surface area contributed by atoms with Crippen LogP contribution in [0.15, 0.2) is 24.3 Å². The van der Waals surface area contributed by atoms with E-state index in [0.29, 0.717) is 30.8 Å². The van der Waals surface area contributed by atoms with Crippen LogP contribution in [0.3, 0.4) is 0 Å². The fourth-order valence-corrected chi connectivity index (χ4v) is 3.30. The van der Waals surface area contributed by atoms with Gasteiger partial charge in [0.2, 0.25) is 5.91 Å². The Balaban J connectivity index is 1.28. The zero-order valence-electron chi connectivity index (χ0n) is 15.1. The molecule has 2 N–H and O–H groups in total. The number of nitrogens with zero attached hydrogens (tertiary/aromatic N) is 2. The minimum Gasteiger partial charge on any atom is -0.389 e. The fourth-order valence-electron chi connectivity index (χ4n) is 3.11. The number of carbonyl (C=O) groups is 1. The van der Waals surface area contributed by atoms with Gasteiger partial charge in [0.1, 0.15) is 0 Å². The summed E-state index contributed by atoms with van der Waals surface area (Å²) in [6, 6.07) is 7.99. The Morgan fingerprint density at radius 3 is 2.62 bits per heavy atom. The molecule has 1 heterocycles. The Kier molecular flexibility index (Phi) is 7.28. The first-order chi connectivity index (χ1) is 12.6. The van der Waals surface area contributed by atoms with E-state index in [-0.39, 0.29) is 12.5 Å². The van der Waals surface area contributed by atoms with Gasteiger partial charge >= 0.3 is 0 Å². The third-order valence-corrected chi connectivity index (χ3v) is 5.14. The molecule has 1 aliphatic heterocycles. The van der Waals surface area contributed by atoms with Gasteiger partial charge in [-0.25, -0.2) is 0 Å². The van der Waals surface area contributed by atoms with E-state index >= 15 is 0 Å². The summed E-state index contributed by atoms with van der Waals surface area (Å²) in [5, 5.41) is 13.9. The average molecular weight is 382 g/mol. The topological polar surface area (TPSA) is 65.0 Å². The molecule has 0 unspecified atom stereocenters. The second-order valence-electron chi connectivity index (χ2n) is 7.18.